The summed E-state index contributed by atoms with van der Waals surface area (Å²) in [5.41, 5.74) is 9.82. The quantitative estimate of drug-likeness (QED) is 0.105. The van der Waals surface area contributed by atoms with Gasteiger partial charge in [-0.05, 0) is 142 Å². The number of sulfonamides is 1. The second-order valence-electron chi connectivity index (χ2n) is 13.6. The van der Waals surface area contributed by atoms with Crippen LogP contribution in [0.15, 0.2) is 60.7 Å². The summed E-state index contributed by atoms with van der Waals surface area (Å²) in [6, 6.07) is 20.8. The molecule has 0 spiro atoms. The van der Waals surface area contributed by atoms with Gasteiger partial charge in [0, 0.05) is 40.4 Å². The van der Waals surface area contributed by atoms with Crippen LogP contribution >= 0.6 is 0 Å². The zero-order chi connectivity index (χ0) is 34.3. The standard InChI is InChI=1S/C39H54N4O3S/c1-9-43(28(6)7)39(44)30-15-18-37-36(25-30)35(38(41-37)33-23-31(26(2)3)22-32(24-33)27(4)5)19-21-40-20-11-10-12-29-13-16-34(17-14-29)42-47(8,45)46/h13-18,22-28,40-42H,9-12,19-21H2,1-8H3. The molecule has 0 aliphatic rings. The molecule has 254 valence electrons. The molecule has 8 heteroatoms. The molecule has 47 heavy (non-hydrogen) atoms. The number of fused-ring (bicyclic) bond motifs is 1. The number of carbonyl (C=O) groups excluding carboxylic acids is 1. The highest BCUT2D eigenvalue weighted by atomic mass is 32.2. The molecule has 0 unspecified atom stereocenters. The van der Waals surface area contributed by atoms with Gasteiger partial charge < -0.3 is 15.2 Å². The van der Waals surface area contributed by atoms with Gasteiger partial charge in [-0.1, -0.05) is 45.9 Å². The lowest BCUT2D eigenvalue weighted by Gasteiger charge is -2.25. The lowest BCUT2D eigenvalue weighted by molar-refractivity contribution is 0.0717. The van der Waals surface area contributed by atoms with Gasteiger partial charge in [0.2, 0.25) is 10.0 Å². The molecule has 0 bridgehead atoms. The van der Waals surface area contributed by atoms with Crippen LogP contribution in [-0.4, -0.2) is 56.1 Å². The third-order valence-electron chi connectivity index (χ3n) is 8.86. The number of carbonyl (C=O) groups is 1. The van der Waals surface area contributed by atoms with Gasteiger partial charge in [-0.3, -0.25) is 9.52 Å². The smallest absolute Gasteiger partial charge is 0.254 e. The molecule has 3 aromatic carbocycles. The number of nitrogens with one attached hydrogen (secondary N) is 3. The first-order valence-electron chi connectivity index (χ1n) is 17.2. The fourth-order valence-corrected chi connectivity index (χ4v) is 6.72. The van der Waals surface area contributed by atoms with Gasteiger partial charge >= 0.3 is 0 Å². The summed E-state index contributed by atoms with van der Waals surface area (Å²) >= 11 is 0. The third kappa shape index (κ3) is 9.71. The van der Waals surface area contributed by atoms with E-state index in [0.717, 1.165) is 67.2 Å². The minimum atomic E-state index is -3.27. The van der Waals surface area contributed by atoms with E-state index in [0.29, 0.717) is 24.1 Å². The van der Waals surface area contributed by atoms with E-state index >= 15 is 0 Å². The molecule has 0 aliphatic heterocycles. The number of H-pyrrole nitrogens is 1. The number of rotatable bonds is 16. The summed E-state index contributed by atoms with van der Waals surface area (Å²) in [5, 5.41) is 4.77. The van der Waals surface area contributed by atoms with Gasteiger partial charge in [-0.2, -0.15) is 0 Å². The molecule has 1 heterocycles. The van der Waals surface area contributed by atoms with Gasteiger partial charge in [-0.15, -0.1) is 0 Å². The number of aryl methyl sites for hydroxylation is 1. The number of aromatic nitrogens is 1. The number of anilines is 1. The largest absolute Gasteiger partial charge is 0.354 e. The Bertz CT molecular complexity index is 1730. The molecule has 7 nitrogen and oxygen atoms in total. The van der Waals surface area contributed by atoms with Crippen LogP contribution in [0.5, 0.6) is 0 Å². The fraction of sp³-hybridized carbons (Fsp3) is 0.462. The van der Waals surface area contributed by atoms with Crippen LogP contribution in [0.4, 0.5) is 5.69 Å². The van der Waals surface area contributed by atoms with Crippen molar-refractivity contribution >= 4 is 32.5 Å². The van der Waals surface area contributed by atoms with Crippen molar-refractivity contribution in [3.63, 3.8) is 0 Å². The van der Waals surface area contributed by atoms with E-state index in [1.165, 1.54) is 27.8 Å². The lowest BCUT2D eigenvalue weighted by Crippen LogP contribution is -2.36. The molecule has 0 saturated heterocycles. The van der Waals surface area contributed by atoms with Gasteiger partial charge in [-0.25, -0.2) is 8.42 Å². The molecule has 4 aromatic rings. The Balaban J connectivity index is 1.52. The number of benzene rings is 3. The van der Waals surface area contributed by atoms with Crippen LogP contribution in [0.2, 0.25) is 0 Å². The van der Waals surface area contributed by atoms with E-state index in [4.69, 9.17) is 0 Å². The van der Waals surface area contributed by atoms with Crippen molar-refractivity contribution in [1.29, 1.82) is 0 Å². The first kappa shape index (κ1) is 36.2. The number of aromatic amines is 1. The van der Waals surface area contributed by atoms with Gasteiger partial charge in [0.15, 0.2) is 0 Å². The third-order valence-corrected chi connectivity index (χ3v) is 9.46. The average molecular weight is 659 g/mol. The van der Waals surface area contributed by atoms with Gasteiger partial charge in [0.1, 0.15) is 0 Å². The monoisotopic (exact) mass is 658 g/mol. The topological polar surface area (TPSA) is 94.3 Å². The SMILES string of the molecule is CCN(C(=O)c1ccc2[nH]c(-c3cc(C(C)C)cc(C(C)C)c3)c(CCNCCCCc3ccc(NS(C)(=O)=O)cc3)c2c1)C(C)C. The highest BCUT2D eigenvalue weighted by Crippen LogP contribution is 2.35. The summed E-state index contributed by atoms with van der Waals surface area (Å²) in [6.45, 7) is 17.6. The molecule has 3 N–H and O–H groups in total. The lowest BCUT2D eigenvalue weighted by atomic mass is 9.91. The fourth-order valence-electron chi connectivity index (χ4n) is 6.15. The van der Waals surface area contributed by atoms with E-state index in [1.54, 1.807) is 0 Å². The summed E-state index contributed by atoms with van der Waals surface area (Å²) < 4.78 is 25.4. The van der Waals surface area contributed by atoms with Crippen molar-refractivity contribution in [3.8, 4) is 11.3 Å². The molecule has 0 aliphatic carbocycles. The zero-order valence-corrected chi connectivity index (χ0v) is 30.4. The molecule has 1 amide bonds. The number of hydrogen-bond acceptors (Lipinski definition) is 4. The van der Waals surface area contributed by atoms with Crippen molar-refractivity contribution in [3.05, 3.63) is 88.5 Å². The van der Waals surface area contributed by atoms with Gasteiger partial charge in [0.05, 0.1) is 6.26 Å². The normalized spacial score (nSPS) is 12.1. The maximum Gasteiger partial charge on any atom is 0.254 e. The van der Waals surface area contributed by atoms with Crippen molar-refractivity contribution in [2.75, 3.05) is 30.6 Å². The van der Waals surface area contributed by atoms with E-state index < -0.39 is 10.0 Å². The predicted octanol–water partition coefficient (Wildman–Crippen LogP) is 8.48. The molecule has 0 fully saturated rings. The van der Waals surface area contributed by atoms with Crippen LogP contribution in [-0.2, 0) is 22.9 Å². The predicted molar refractivity (Wildman–Crippen MR) is 198 cm³/mol. The summed E-state index contributed by atoms with van der Waals surface area (Å²) in [7, 11) is -3.27. The zero-order valence-electron chi connectivity index (χ0n) is 29.5. The van der Waals surface area contributed by atoms with Crippen molar-refractivity contribution in [1.82, 2.24) is 15.2 Å². The van der Waals surface area contributed by atoms with Crippen LogP contribution in [0.1, 0.15) is 106 Å². The highest BCUT2D eigenvalue weighted by molar-refractivity contribution is 7.92. The molecule has 4 rings (SSSR count). The maximum atomic E-state index is 13.5. The van der Waals surface area contributed by atoms with Crippen molar-refractivity contribution < 1.29 is 13.2 Å². The second kappa shape index (κ2) is 16.0. The number of nitrogens with zero attached hydrogens (tertiary/aromatic N) is 1. The summed E-state index contributed by atoms with van der Waals surface area (Å²) in [4.78, 5) is 19.2. The Morgan fingerprint density at radius 1 is 0.830 bits per heavy atom. The van der Waals surface area contributed by atoms with Gasteiger partial charge in [0.25, 0.3) is 5.91 Å². The maximum absolute atomic E-state index is 13.5. The Morgan fingerprint density at radius 3 is 2.06 bits per heavy atom. The van der Waals surface area contributed by atoms with Crippen LogP contribution in [0.25, 0.3) is 22.2 Å². The highest BCUT2D eigenvalue weighted by Gasteiger charge is 2.21. The summed E-state index contributed by atoms with van der Waals surface area (Å²) in [5.74, 6) is 0.912. The molecular weight excluding hydrogens is 605 g/mol. The Labute approximate surface area is 282 Å². The minimum absolute atomic E-state index is 0.0708. The number of amides is 1. The molecule has 0 saturated carbocycles. The van der Waals surface area contributed by atoms with Crippen LogP contribution < -0.4 is 10.0 Å². The van der Waals surface area contributed by atoms with E-state index in [1.807, 2.05) is 42.2 Å². The van der Waals surface area contributed by atoms with E-state index in [9.17, 15) is 13.2 Å². The van der Waals surface area contributed by atoms with E-state index in [-0.39, 0.29) is 11.9 Å². The Morgan fingerprint density at radius 2 is 1.49 bits per heavy atom. The first-order chi connectivity index (χ1) is 22.3. The Kier molecular flexibility index (Phi) is 12.3. The molecule has 1 aromatic heterocycles. The Hall–Kier alpha value is -3.62. The molecule has 0 atom stereocenters. The minimum Gasteiger partial charge on any atom is -0.354 e. The van der Waals surface area contributed by atoms with Crippen LogP contribution in [0, 0.1) is 0 Å². The van der Waals surface area contributed by atoms with Crippen molar-refractivity contribution in [2.45, 2.75) is 92.0 Å². The average Bonchev–Trinajstić information content (AvgIpc) is 3.38. The molecular formula is C39H54N4O3S. The number of hydrogen-bond donors (Lipinski definition) is 3. The van der Waals surface area contributed by atoms with E-state index in [2.05, 4.69) is 86.9 Å². The molecule has 0 radical (unpaired) electrons. The second-order valence-corrected chi connectivity index (χ2v) is 15.4. The summed E-state index contributed by atoms with van der Waals surface area (Å²) in [6.07, 6.45) is 5.02. The first-order valence-corrected chi connectivity index (χ1v) is 19.0. The number of unbranched alkanes of at least 4 members (excludes halogenated alkanes) is 1. The van der Waals surface area contributed by atoms with Crippen LogP contribution in [0.3, 0.4) is 0 Å². The van der Waals surface area contributed by atoms with Crippen molar-refractivity contribution in [2.24, 2.45) is 0 Å².